The number of sulfonamides is 2. The molecule has 0 aromatic heterocycles. The van der Waals surface area contributed by atoms with Crippen molar-refractivity contribution in [3.8, 4) is 0 Å². The van der Waals surface area contributed by atoms with Gasteiger partial charge in [0.05, 0.1) is 29.5 Å². The Kier molecular flexibility index (Phi) is 9.19. The summed E-state index contributed by atoms with van der Waals surface area (Å²) in [6, 6.07) is 20.3. The molecule has 11 heteroatoms. The first-order valence-electron chi connectivity index (χ1n) is 12.6. The maximum atomic E-state index is 13.5. The van der Waals surface area contributed by atoms with Crippen LogP contribution < -0.4 is 5.32 Å². The fraction of sp³-hybridized carbons (Fsp3) is 0.321. The van der Waals surface area contributed by atoms with Crippen molar-refractivity contribution in [2.24, 2.45) is 0 Å². The predicted molar refractivity (Wildman–Crippen MR) is 148 cm³/mol. The normalized spacial score (nSPS) is 14.8. The van der Waals surface area contributed by atoms with Crippen LogP contribution in [0, 0.1) is 13.8 Å². The van der Waals surface area contributed by atoms with Crippen molar-refractivity contribution >= 4 is 26.0 Å². The fourth-order valence-electron chi connectivity index (χ4n) is 4.11. The molecule has 0 aliphatic carbocycles. The van der Waals surface area contributed by atoms with Gasteiger partial charge in [-0.1, -0.05) is 59.7 Å². The highest BCUT2D eigenvalue weighted by Gasteiger charge is 2.28. The number of amides is 1. The third kappa shape index (κ3) is 7.31. The number of ether oxygens (including phenoxy) is 1. The third-order valence-corrected chi connectivity index (χ3v) is 10.2. The molecule has 0 radical (unpaired) electrons. The van der Waals surface area contributed by atoms with E-state index in [-0.39, 0.29) is 29.4 Å². The Bertz CT molecular complexity index is 1480. The van der Waals surface area contributed by atoms with Gasteiger partial charge in [0.15, 0.2) is 0 Å². The summed E-state index contributed by atoms with van der Waals surface area (Å²) in [5.74, 6) is -0.470. The molecule has 1 amide bonds. The number of hydrogen-bond donors (Lipinski definition) is 1. The lowest BCUT2D eigenvalue weighted by Crippen LogP contribution is -2.40. The van der Waals surface area contributed by atoms with E-state index in [1.807, 2.05) is 38.1 Å². The van der Waals surface area contributed by atoms with E-state index in [2.05, 4.69) is 5.32 Å². The Labute approximate surface area is 230 Å². The summed E-state index contributed by atoms with van der Waals surface area (Å²) < 4.78 is 60.4. The van der Waals surface area contributed by atoms with E-state index in [4.69, 9.17) is 4.74 Å². The van der Waals surface area contributed by atoms with Gasteiger partial charge in [0.25, 0.3) is 0 Å². The van der Waals surface area contributed by atoms with Crippen LogP contribution in [0.5, 0.6) is 0 Å². The lowest BCUT2D eigenvalue weighted by atomic mass is 10.1. The molecule has 4 rings (SSSR count). The van der Waals surface area contributed by atoms with Crippen LogP contribution in [0.3, 0.4) is 0 Å². The van der Waals surface area contributed by atoms with Gasteiger partial charge in [0, 0.05) is 26.2 Å². The minimum atomic E-state index is -3.94. The summed E-state index contributed by atoms with van der Waals surface area (Å²) in [4.78, 5) is 13.2. The molecular weight excluding hydrogens is 538 g/mol. The molecule has 0 unspecified atom stereocenters. The van der Waals surface area contributed by atoms with Gasteiger partial charge in [0.2, 0.25) is 26.0 Å². The van der Waals surface area contributed by atoms with E-state index in [1.165, 1.54) is 28.6 Å². The zero-order valence-corrected chi connectivity index (χ0v) is 23.7. The number of carbonyl (C=O) groups is 1. The Balaban J connectivity index is 1.44. The van der Waals surface area contributed by atoms with E-state index in [1.54, 1.807) is 24.3 Å². The second-order valence-corrected chi connectivity index (χ2v) is 13.4. The minimum Gasteiger partial charge on any atom is -0.379 e. The zero-order chi connectivity index (χ0) is 28.0. The molecule has 3 aromatic rings. The molecule has 0 bridgehead atoms. The van der Waals surface area contributed by atoms with Crippen molar-refractivity contribution in [2.45, 2.75) is 36.7 Å². The molecule has 1 N–H and O–H groups in total. The van der Waals surface area contributed by atoms with Crippen molar-refractivity contribution in [2.75, 3.05) is 32.8 Å². The molecule has 39 heavy (non-hydrogen) atoms. The summed E-state index contributed by atoms with van der Waals surface area (Å²) in [6.07, 6.45) is 0. The summed E-state index contributed by atoms with van der Waals surface area (Å²) in [5, 5.41) is 2.76. The standard InChI is InChI=1S/C28H33N3O6S2/c1-22-3-7-25(8-4-22)20-31(39(35,36)26-11-5-23(2)6-12-26)21-28(32)29-19-24-9-13-27(14-10-24)38(33,34)30-15-17-37-18-16-30/h3-14H,15-21H2,1-2H3,(H,29,32). The van der Waals surface area contributed by atoms with Crippen LogP contribution in [0.25, 0.3) is 0 Å². The van der Waals surface area contributed by atoms with E-state index in [9.17, 15) is 21.6 Å². The first kappa shape index (κ1) is 28.9. The van der Waals surface area contributed by atoms with Crippen molar-refractivity contribution in [1.82, 2.24) is 13.9 Å². The van der Waals surface area contributed by atoms with Crippen LogP contribution in [0.1, 0.15) is 22.3 Å². The highest BCUT2D eigenvalue weighted by Crippen LogP contribution is 2.20. The number of nitrogens with one attached hydrogen (secondary N) is 1. The average molecular weight is 572 g/mol. The molecule has 0 saturated carbocycles. The molecule has 1 saturated heterocycles. The van der Waals surface area contributed by atoms with Gasteiger partial charge in [-0.3, -0.25) is 4.79 Å². The quantitative estimate of drug-likeness (QED) is 0.401. The van der Waals surface area contributed by atoms with E-state index >= 15 is 0 Å². The van der Waals surface area contributed by atoms with Crippen molar-refractivity contribution in [3.05, 3.63) is 95.1 Å². The van der Waals surface area contributed by atoms with Gasteiger partial charge in [-0.05, 0) is 49.2 Å². The maximum absolute atomic E-state index is 13.5. The SMILES string of the molecule is Cc1ccc(CN(CC(=O)NCc2ccc(S(=O)(=O)N3CCOCC3)cc2)S(=O)(=O)c2ccc(C)cc2)cc1. The Morgan fingerprint density at radius 2 is 1.31 bits per heavy atom. The van der Waals surface area contributed by atoms with Crippen LogP contribution in [-0.2, 0) is 42.7 Å². The summed E-state index contributed by atoms with van der Waals surface area (Å²) in [7, 11) is -7.56. The van der Waals surface area contributed by atoms with Crippen molar-refractivity contribution in [3.63, 3.8) is 0 Å². The average Bonchev–Trinajstić information content (AvgIpc) is 2.93. The molecule has 9 nitrogen and oxygen atoms in total. The van der Waals surface area contributed by atoms with Crippen LogP contribution in [0.2, 0.25) is 0 Å². The predicted octanol–water partition coefficient (Wildman–Crippen LogP) is 2.83. The van der Waals surface area contributed by atoms with Gasteiger partial charge in [-0.15, -0.1) is 0 Å². The van der Waals surface area contributed by atoms with E-state index < -0.39 is 26.0 Å². The van der Waals surface area contributed by atoms with Crippen LogP contribution in [0.4, 0.5) is 0 Å². The van der Waals surface area contributed by atoms with E-state index in [0.717, 1.165) is 21.0 Å². The van der Waals surface area contributed by atoms with Crippen LogP contribution in [0.15, 0.2) is 82.6 Å². The first-order chi connectivity index (χ1) is 18.6. The van der Waals surface area contributed by atoms with E-state index in [0.29, 0.717) is 31.9 Å². The summed E-state index contributed by atoms with van der Waals surface area (Å²) in [6.45, 7) is 4.97. The van der Waals surface area contributed by atoms with Gasteiger partial charge in [-0.2, -0.15) is 8.61 Å². The van der Waals surface area contributed by atoms with Gasteiger partial charge in [0.1, 0.15) is 0 Å². The summed E-state index contributed by atoms with van der Waals surface area (Å²) >= 11 is 0. The third-order valence-electron chi connectivity index (χ3n) is 6.48. The van der Waals surface area contributed by atoms with Gasteiger partial charge in [-0.25, -0.2) is 16.8 Å². The lowest BCUT2D eigenvalue weighted by molar-refractivity contribution is -0.121. The number of morpholine rings is 1. The fourth-order valence-corrected chi connectivity index (χ4v) is 6.91. The van der Waals surface area contributed by atoms with Crippen molar-refractivity contribution < 1.29 is 26.4 Å². The first-order valence-corrected chi connectivity index (χ1v) is 15.5. The minimum absolute atomic E-state index is 0.0397. The van der Waals surface area contributed by atoms with Crippen molar-refractivity contribution in [1.29, 1.82) is 0 Å². The molecule has 1 heterocycles. The monoisotopic (exact) mass is 571 g/mol. The molecule has 208 valence electrons. The van der Waals surface area contributed by atoms with Gasteiger partial charge >= 0.3 is 0 Å². The summed E-state index contributed by atoms with van der Waals surface area (Å²) in [5.41, 5.74) is 3.44. The number of benzene rings is 3. The number of rotatable bonds is 10. The zero-order valence-electron chi connectivity index (χ0n) is 22.0. The smallest absolute Gasteiger partial charge is 0.243 e. The lowest BCUT2D eigenvalue weighted by Gasteiger charge is -2.26. The molecule has 1 aliphatic heterocycles. The largest absolute Gasteiger partial charge is 0.379 e. The Hall–Kier alpha value is -3.09. The molecule has 3 aromatic carbocycles. The van der Waals surface area contributed by atoms with Crippen LogP contribution in [-0.4, -0.2) is 64.2 Å². The molecule has 0 spiro atoms. The van der Waals surface area contributed by atoms with Gasteiger partial charge < -0.3 is 10.1 Å². The Morgan fingerprint density at radius 3 is 1.90 bits per heavy atom. The second kappa shape index (κ2) is 12.4. The number of aryl methyl sites for hydroxylation is 2. The van der Waals surface area contributed by atoms with Crippen LogP contribution >= 0.6 is 0 Å². The second-order valence-electron chi connectivity index (χ2n) is 9.51. The molecule has 1 aliphatic rings. The molecular formula is C28H33N3O6S2. The number of carbonyl (C=O) groups excluding carboxylic acids is 1. The maximum Gasteiger partial charge on any atom is 0.243 e. The Morgan fingerprint density at radius 1 is 0.795 bits per heavy atom. The number of hydrogen-bond acceptors (Lipinski definition) is 6. The molecule has 1 fully saturated rings. The number of nitrogens with zero attached hydrogens (tertiary/aromatic N) is 2. The highest BCUT2D eigenvalue weighted by atomic mass is 32.2. The topological polar surface area (TPSA) is 113 Å². The molecule has 0 atom stereocenters. The highest BCUT2D eigenvalue weighted by molar-refractivity contribution is 7.89.